The van der Waals surface area contributed by atoms with Gasteiger partial charge in [0.15, 0.2) is 5.60 Å². The summed E-state index contributed by atoms with van der Waals surface area (Å²) in [5, 5.41) is 23.2. The maximum Gasteiger partial charge on any atom is 0.410 e. The first-order chi connectivity index (χ1) is 19.1. The van der Waals surface area contributed by atoms with Crippen LogP contribution in [0.3, 0.4) is 0 Å². The summed E-state index contributed by atoms with van der Waals surface area (Å²) >= 11 is 0. The highest BCUT2D eigenvalue weighted by molar-refractivity contribution is 5.92. The first kappa shape index (κ1) is 29.2. The number of rotatable bonds is 6. The van der Waals surface area contributed by atoms with E-state index < -0.39 is 36.2 Å². The highest BCUT2D eigenvalue weighted by Gasteiger charge is 2.42. The molecule has 2 aliphatic rings. The van der Waals surface area contributed by atoms with Crippen molar-refractivity contribution < 1.29 is 34.1 Å². The van der Waals surface area contributed by atoms with E-state index in [9.17, 15) is 24.6 Å². The lowest BCUT2D eigenvalue weighted by Crippen LogP contribution is -2.58. The van der Waals surface area contributed by atoms with Gasteiger partial charge in [0, 0.05) is 38.2 Å². The van der Waals surface area contributed by atoms with E-state index in [0.29, 0.717) is 43.7 Å². The van der Waals surface area contributed by atoms with Crippen LogP contribution in [0, 0.1) is 20.8 Å². The van der Waals surface area contributed by atoms with Crippen molar-refractivity contribution in [1.29, 1.82) is 0 Å². The van der Waals surface area contributed by atoms with Crippen LogP contribution < -0.4 is 10.1 Å². The van der Waals surface area contributed by atoms with Crippen LogP contribution in [-0.2, 0) is 27.4 Å². The first-order valence-electron chi connectivity index (χ1n) is 13.7. The normalized spacial score (nSPS) is 19.6. The minimum Gasteiger partial charge on any atom is -0.507 e. The van der Waals surface area contributed by atoms with Crippen molar-refractivity contribution in [2.75, 3.05) is 32.8 Å². The molecule has 2 atom stereocenters. The van der Waals surface area contributed by atoms with Crippen LogP contribution in [0.4, 0.5) is 4.79 Å². The van der Waals surface area contributed by atoms with Gasteiger partial charge in [-0.1, -0.05) is 30.3 Å². The summed E-state index contributed by atoms with van der Waals surface area (Å²) < 4.78 is 11.7. The second-order valence-electron chi connectivity index (χ2n) is 10.8. The Balaban J connectivity index is 1.36. The van der Waals surface area contributed by atoms with Crippen molar-refractivity contribution in [2.24, 2.45) is 0 Å². The zero-order valence-electron chi connectivity index (χ0n) is 23.7. The summed E-state index contributed by atoms with van der Waals surface area (Å²) in [7, 11) is 0. The number of hydrogen-bond donors (Lipinski definition) is 3. The smallest absolute Gasteiger partial charge is 0.410 e. The van der Waals surface area contributed by atoms with Gasteiger partial charge in [-0.15, -0.1) is 0 Å². The van der Waals surface area contributed by atoms with Gasteiger partial charge in [-0.25, -0.2) is 4.79 Å². The molecule has 3 N–H and O–H groups in total. The van der Waals surface area contributed by atoms with Gasteiger partial charge in [0.2, 0.25) is 5.91 Å². The molecule has 2 aromatic rings. The second kappa shape index (κ2) is 12.2. The van der Waals surface area contributed by atoms with Crippen molar-refractivity contribution in [3.8, 4) is 11.5 Å². The number of carbonyl (C=O) groups excluding carboxylic acids is 3. The topological polar surface area (TPSA) is 129 Å². The zero-order valence-corrected chi connectivity index (χ0v) is 23.7. The van der Waals surface area contributed by atoms with Crippen molar-refractivity contribution in [2.45, 2.75) is 65.2 Å². The molecular formula is C30H39N3O7. The summed E-state index contributed by atoms with van der Waals surface area (Å²) in [6, 6.07) is 8.27. The number of nitrogens with one attached hydrogen (secondary N) is 1. The highest BCUT2D eigenvalue weighted by atomic mass is 16.6. The van der Waals surface area contributed by atoms with Gasteiger partial charge in [-0.2, -0.15) is 0 Å². The third-order valence-corrected chi connectivity index (χ3v) is 8.06. The van der Waals surface area contributed by atoms with E-state index in [1.807, 2.05) is 44.2 Å². The molecule has 10 nitrogen and oxygen atoms in total. The fraction of sp³-hybridized carbons (Fsp3) is 0.500. The van der Waals surface area contributed by atoms with Gasteiger partial charge in [0.1, 0.15) is 24.1 Å². The summed E-state index contributed by atoms with van der Waals surface area (Å²) in [4.78, 5) is 42.4. The second-order valence-corrected chi connectivity index (χ2v) is 10.8. The van der Waals surface area contributed by atoms with E-state index in [1.165, 1.54) is 0 Å². The summed E-state index contributed by atoms with van der Waals surface area (Å²) in [5.74, 6) is -0.0909. The molecule has 0 aliphatic carbocycles. The average molecular weight is 554 g/mol. The fourth-order valence-electron chi connectivity index (χ4n) is 5.26. The number of aromatic hydroxyl groups is 1. The molecule has 2 aromatic carbocycles. The molecular weight excluding hydrogens is 514 g/mol. The minimum absolute atomic E-state index is 0.169. The molecule has 0 radical (unpaired) electrons. The number of aliphatic hydroxyl groups is 1. The van der Waals surface area contributed by atoms with Crippen LogP contribution in [0.2, 0.25) is 0 Å². The number of carbonyl (C=O) groups is 3. The van der Waals surface area contributed by atoms with E-state index in [2.05, 4.69) is 5.32 Å². The molecule has 0 saturated carbocycles. The number of phenols is 1. The van der Waals surface area contributed by atoms with Crippen LogP contribution in [0.1, 0.15) is 47.6 Å². The Morgan fingerprint density at radius 1 is 1.02 bits per heavy atom. The highest BCUT2D eigenvalue weighted by Crippen LogP contribution is 2.43. The molecule has 2 heterocycles. The SMILES string of the molecule is Cc1c(C)c2c(c(C)c1O)CCC(C)(C(=O)NC(CO)C(=O)N1CCCN(C(=O)OCc3ccccc3)CC1)O2. The van der Waals surface area contributed by atoms with Crippen LogP contribution in [0.15, 0.2) is 30.3 Å². The van der Waals surface area contributed by atoms with Gasteiger partial charge in [0.25, 0.3) is 5.91 Å². The number of benzene rings is 2. The quantitative estimate of drug-likeness (QED) is 0.502. The van der Waals surface area contributed by atoms with E-state index in [0.717, 1.165) is 22.3 Å². The van der Waals surface area contributed by atoms with Gasteiger partial charge >= 0.3 is 6.09 Å². The Hall–Kier alpha value is -3.79. The van der Waals surface area contributed by atoms with Crippen molar-refractivity contribution in [3.05, 3.63) is 58.1 Å². The third-order valence-electron chi connectivity index (χ3n) is 8.06. The Morgan fingerprint density at radius 2 is 1.70 bits per heavy atom. The molecule has 1 saturated heterocycles. The largest absolute Gasteiger partial charge is 0.507 e. The monoisotopic (exact) mass is 553 g/mol. The van der Waals surface area contributed by atoms with Gasteiger partial charge in [-0.3, -0.25) is 9.59 Å². The zero-order chi connectivity index (χ0) is 29.0. The molecule has 0 spiro atoms. The van der Waals surface area contributed by atoms with E-state index in [4.69, 9.17) is 9.47 Å². The van der Waals surface area contributed by atoms with E-state index >= 15 is 0 Å². The Bertz CT molecular complexity index is 1270. The Kier molecular flexibility index (Phi) is 8.88. The van der Waals surface area contributed by atoms with E-state index in [-0.39, 0.29) is 25.4 Å². The van der Waals surface area contributed by atoms with Gasteiger partial charge in [0.05, 0.1) is 6.61 Å². The van der Waals surface area contributed by atoms with Gasteiger partial charge < -0.3 is 34.8 Å². The van der Waals surface area contributed by atoms with Gasteiger partial charge in [-0.05, 0) is 62.8 Å². The lowest BCUT2D eigenvalue weighted by atomic mass is 9.86. The number of phenolic OH excluding ortho intramolecular Hbond substituents is 1. The molecule has 40 heavy (non-hydrogen) atoms. The molecule has 1 fully saturated rings. The Morgan fingerprint density at radius 3 is 2.40 bits per heavy atom. The number of amides is 3. The molecule has 2 unspecified atom stereocenters. The fourth-order valence-corrected chi connectivity index (χ4v) is 5.26. The lowest BCUT2D eigenvalue weighted by Gasteiger charge is -2.37. The van der Waals surface area contributed by atoms with Crippen LogP contribution in [-0.4, -0.2) is 82.3 Å². The first-order valence-corrected chi connectivity index (χ1v) is 13.7. The van der Waals surface area contributed by atoms with Crippen molar-refractivity contribution >= 4 is 17.9 Å². The predicted molar refractivity (Wildman–Crippen MR) is 148 cm³/mol. The number of hydrogen-bond acceptors (Lipinski definition) is 7. The predicted octanol–water partition coefficient (Wildman–Crippen LogP) is 2.75. The maximum absolute atomic E-state index is 13.4. The number of fused-ring (bicyclic) bond motifs is 1. The molecule has 2 aliphatic heterocycles. The maximum atomic E-state index is 13.4. The summed E-state index contributed by atoms with van der Waals surface area (Å²) in [5.41, 5.74) is 2.72. The molecule has 10 heteroatoms. The molecule has 0 bridgehead atoms. The summed E-state index contributed by atoms with van der Waals surface area (Å²) in [6.45, 7) is 8.12. The molecule has 216 valence electrons. The lowest BCUT2D eigenvalue weighted by molar-refractivity contribution is -0.143. The molecule has 3 amide bonds. The van der Waals surface area contributed by atoms with Crippen molar-refractivity contribution in [1.82, 2.24) is 15.1 Å². The minimum atomic E-state index is -1.25. The standard InChI is InChI=1S/C30H39N3O7/c1-19-20(2)26-23(21(3)25(19)35)11-12-30(4,40-26)28(37)31-24(17-34)27(36)32-13-8-14-33(16-15-32)29(38)39-18-22-9-6-5-7-10-22/h5-7,9-10,24,34-35H,8,11-18H2,1-4H3,(H,31,37). The van der Waals surface area contributed by atoms with E-state index in [1.54, 1.807) is 23.6 Å². The van der Waals surface area contributed by atoms with Crippen LogP contribution in [0.5, 0.6) is 11.5 Å². The molecule has 4 rings (SSSR count). The van der Waals surface area contributed by atoms with Crippen LogP contribution >= 0.6 is 0 Å². The van der Waals surface area contributed by atoms with Crippen molar-refractivity contribution in [3.63, 3.8) is 0 Å². The third kappa shape index (κ3) is 6.01. The Labute approximate surface area is 234 Å². The van der Waals surface area contributed by atoms with Crippen LogP contribution in [0.25, 0.3) is 0 Å². The number of ether oxygens (including phenoxy) is 2. The molecule has 0 aromatic heterocycles. The number of nitrogens with zero attached hydrogens (tertiary/aromatic N) is 2. The number of aliphatic hydroxyl groups excluding tert-OH is 1. The average Bonchev–Trinajstić information content (AvgIpc) is 3.23. The summed E-state index contributed by atoms with van der Waals surface area (Å²) in [6.07, 6.45) is 0.979.